The van der Waals surface area contributed by atoms with E-state index in [1.165, 1.54) is 0 Å². The van der Waals surface area contributed by atoms with Crippen molar-refractivity contribution in [3.8, 4) is 0 Å². The molecule has 0 spiro atoms. The van der Waals surface area contributed by atoms with Gasteiger partial charge in [0.1, 0.15) is 0 Å². The van der Waals surface area contributed by atoms with Crippen molar-refractivity contribution in [2.45, 2.75) is 52.7 Å². The van der Waals surface area contributed by atoms with Crippen LogP contribution in [0.5, 0.6) is 0 Å². The number of carbonyl (C=O) groups excluding carboxylic acids is 1. The van der Waals surface area contributed by atoms with Crippen LogP contribution in [-0.4, -0.2) is 43.4 Å². The number of hydrogen-bond donors (Lipinski definition) is 0. The summed E-state index contributed by atoms with van der Waals surface area (Å²) in [6.07, 6.45) is 1.56. The largest absolute Gasteiger partial charge is 0.447 e. The zero-order valence-electron chi connectivity index (χ0n) is 11.2. The van der Waals surface area contributed by atoms with Gasteiger partial charge in [-0.25, -0.2) is 4.79 Å². The molecule has 0 aromatic heterocycles. The van der Waals surface area contributed by atoms with Crippen LogP contribution in [0.4, 0.5) is 4.79 Å². The number of nitrogens with zero attached hydrogens (tertiary/aromatic N) is 1. The molecule has 0 saturated carbocycles. The highest BCUT2D eigenvalue weighted by atomic mass is 16.6. The van der Waals surface area contributed by atoms with Crippen molar-refractivity contribution < 1.29 is 14.3 Å². The van der Waals surface area contributed by atoms with Crippen molar-refractivity contribution in [3.05, 3.63) is 0 Å². The fourth-order valence-electron chi connectivity index (χ4n) is 1.61. The van der Waals surface area contributed by atoms with E-state index in [-0.39, 0.29) is 18.2 Å². The van der Waals surface area contributed by atoms with Crippen LogP contribution in [0.2, 0.25) is 0 Å². The quantitative estimate of drug-likeness (QED) is 0.676. The Kier molecular flexibility index (Phi) is 7.99. The molecule has 0 fully saturated rings. The Hall–Kier alpha value is -0.770. The number of amides is 1. The maximum absolute atomic E-state index is 11.9. The molecule has 4 heteroatoms. The van der Waals surface area contributed by atoms with E-state index in [9.17, 15) is 4.79 Å². The molecule has 4 nitrogen and oxygen atoms in total. The third kappa shape index (κ3) is 5.35. The summed E-state index contributed by atoms with van der Waals surface area (Å²) in [6.45, 7) is 9.02. The van der Waals surface area contributed by atoms with Crippen LogP contribution in [0, 0.1) is 0 Å². The minimum absolute atomic E-state index is 0.0769. The molecule has 0 bridgehead atoms. The lowest BCUT2D eigenvalue weighted by molar-refractivity contribution is 0.0500. The van der Waals surface area contributed by atoms with E-state index in [1.54, 1.807) is 12.0 Å². The summed E-state index contributed by atoms with van der Waals surface area (Å²) in [4.78, 5) is 13.6. The molecule has 0 unspecified atom stereocenters. The van der Waals surface area contributed by atoms with Crippen LogP contribution in [0.1, 0.15) is 40.5 Å². The molecule has 0 heterocycles. The second kappa shape index (κ2) is 8.39. The molecule has 0 aromatic rings. The molecule has 0 aliphatic carbocycles. The first-order chi connectivity index (χ1) is 7.56. The van der Waals surface area contributed by atoms with Crippen molar-refractivity contribution >= 4 is 6.09 Å². The maximum atomic E-state index is 11.9. The third-order valence-corrected chi connectivity index (χ3v) is 2.49. The van der Waals surface area contributed by atoms with Crippen LogP contribution in [-0.2, 0) is 9.47 Å². The fourth-order valence-corrected chi connectivity index (χ4v) is 1.61. The monoisotopic (exact) mass is 231 g/mol. The van der Waals surface area contributed by atoms with E-state index in [1.807, 2.05) is 13.8 Å². The summed E-state index contributed by atoms with van der Waals surface area (Å²) < 4.78 is 10.2. The summed E-state index contributed by atoms with van der Waals surface area (Å²) in [5, 5.41) is 0. The summed E-state index contributed by atoms with van der Waals surface area (Å²) in [5.74, 6) is 0. The van der Waals surface area contributed by atoms with Gasteiger partial charge in [-0.3, -0.25) is 0 Å². The minimum atomic E-state index is -0.235. The summed E-state index contributed by atoms with van der Waals surface area (Å²) >= 11 is 0. The standard InChI is InChI=1S/C12H25NO3/c1-6-11(7-2)13(8-9-15-5)12(14)16-10(3)4/h10-11H,6-9H2,1-5H3. The Labute approximate surface area is 98.9 Å². The number of hydrogen-bond acceptors (Lipinski definition) is 3. The molecule has 0 rings (SSSR count). The first-order valence-corrected chi connectivity index (χ1v) is 6.02. The van der Waals surface area contributed by atoms with Gasteiger partial charge in [0.15, 0.2) is 0 Å². The van der Waals surface area contributed by atoms with E-state index in [4.69, 9.17) is 9.47 Å². The SMILES string of the molecule is CCC(CC)N(CCOC)C(=O)OC(C)C. The molecule has 0 aliphatic rings. The van der Waals surface area contributed by atoms with Crippen molar-refractivity contribution in [1.82, 2.24) is 4.90 Å². The average molecular weight is 231 g/mol. The Balaban J connectivity index is 4.44. The molecule has 1 amide bonds. The minimum Gasteiger partial charge on any atom is -0.447 e. The molecule has 0 N–H and O–H groups in total. The van der Waals surface area contributed by atoms with Gasteiger partial charge in [-0.1, -0.05) is 13.8 Å². The van der Waals surface area contributed by atoms with Gasteiger partial charge < -0.3 is 14.4 Å². The van der Waals surface area contributed by atoms with Crippen LogP contribution < -0.4 is 0 Å². The highest BCUT2D eigenvalue weighted by Crippen LogP contribution is 2.11. The van der Waals surface area contributed by atoms with Crippen molar-refractivity contribution in [3.63, 3.8) is 0 Å². The van der Waals surface area contributed by atoms with Gasteiger partial charge in [-0.2, -0.15) is 0 Å². The lowest BCUT2D eigenvalue weighted by atomic mass is 10.1. The predicted molar refractivity (Wildman–Crippen MR) is 64.6 cm³/mol. The number of rotatable bonds is 7. The molecule has 0 aliphatic heterocycles. The first kappa shape index (κ1) is 15.2. The third-order valence-electron chi connectivity index (χ3n) is 2.49. The van der Waals surface area contributed by atoms with Crippen molar-refractivity contribution in [2.75, 3.05) is 20.3 Å². The smallest absolute Gasteiger partial charge is 0.410 e. The normalized spacial score (nSPS) is 10.9. The Morgan fingerprint density at radius 3 is 2.19 bits per heavy atom. The first-order valence-electron chi connectivity index (χ1n) is 6.02. The molecule has 0 radical (unpaired) electrons. The number of carbonyl (C=O) groups is 1. The summed E-state index contributed by atoms with van der Waals surface area (Å²) in [6, 6.07) is 0.237. The number of methoxy groups -OCH3 is 1. The van der Waals surface area contributed by atoms with Gasteiger partial charge in [-0.05, 0) is 26.7 Å². The van der Waals surface area contributed by atoms with Crippen molar-refractivity contribution in [1.29, 1.82) is 0 Å². The molecule has 0 atom stereocenters. The lowest BCUT2D eigenvalue weighted by Gasteiger charge is -2.30. The highest BCUT2D eigenvalue weighted by Gasteiger charge is 2.22. The number of ether oxygens (including phenoxy) is 2. The van der Waals surface area contributed by atoms with Gasteiger partial charge in [-0.15, -0.1) is 0 Å². The van der Waals surface area contributed by atoms with Gasteiger partial charge >= 0.3 is 6.09 Å². The Morgan fingerprint density at radius 2 is 1.81 bits per heavy atom. The van der Waals surface area contributed by atoms with Crippen molar-refractivity contribution in [2.24, 2.45) is 0 Å². The maximum Gasteiger partial charge on any atom is 0.410 e. The van der Waals surface area contributed by atoms with E-state index in [2.05, 4.69) is 13.8 Å². The second-order valence-electron chi connectivity index (χ2n) is 4.09. The predicted octanol–water partition coefficient (Wildman–Crippen LogP) is 2.67. The van der Waals surface area contributed by atoms with Crippen LogP contribution in [0.25, 0.3) is 0 Å². The van der Waals surface area contributed by atoms with Gasteiger partial charge in [0, 0.05) is 19.7 Å². The second-order valence-corrected chi connectivity index (χ2v) is 4.09. The van der Waals surface area contributed by atoms with Crippen LogP contribution >= 0.6 is 0 Å². The van der Waals surface area contributed by atoms with E-state index in [0.717, 1.165) is 12.8 Å². The molecule has 0 saturated heterocycles. The van der Waals surface area contributed by atoms with Crippen LogP contribution in [0.15, 0.2) is 0 Å². The Bertz CT molecular complexity index is 191. The zero-order chi connectivity index (χ0) is 12.6. The Morgan fingerprint density at radius 1 is 1.25 bits per heavy atom. The average Bonchev–Trinajstić information content (AvgIpc) is 2.23. The highest BCUT2D eigenvalue weighted by molar-refractivity contribution is 5.68. The molecular weight excluding hydrogens is 206 g/mol. The van der Waals surface area contributed by atoms with Crippen LogP contribution in [0.3, 0.4) is 0 Å². The summed E-state index contributed by atoms with van der Waals surface area (Å²) in [7, 11) is 1.64. The zero-order valence-corrected chi connectivity index (χ0v) is 11.2. The van der Waals surface area contributed by atoms with Gasteiger partial charge in [0.2, 0.25) is 0 Å². The molecule has 0 aromatic carbocycles. The summed E-state index contributed by atoms with van der Waals surface area (Å²) in [5.41, 5.74) is 0. The molecule has 16 heavy (non-hydrogen) atoms. The molecular formula is C12H25NO3. The molecule has 96 valence electrons. The van der Waals surface area contributed by atoms with Gasteiger partial charge in [0.25, 0.3) is 0 Å². The topological polar surface area (TPSA) is 38.8 Å². The van der Waals surface area contributed by atoms with E-state index in [0.29, 0.717) is 13.2 Å². The van der Waals surface area contributed by atoms with E-state index < -0.39 is 0 Å². The lowest BCUT2D eigenvalue weighted by Crippen LogP contribution is -2.42. The van der Waals surface area contributed by atoms with E-state index >= 15 is 0 Å². The fraction of sp³-hybridized carbons (Fsp3) is 0.917. The van der Waals surface area contributed by atoms with Gasteiger partial charge in [0.05, 0.1) is 12.7 Å².